The summed E-state index contributed by atoms with van der Waals surface area (Å²) in [5.74, 6) is 1.45. The molecule has 0 saturated heterocycles. The van der Waals surface area contributed by atoms with Crippen molar-refractivity contribution in [2.24, 2.45) is 0 Å². The molecule has 0 unspecified atom stereocenters. The third-order valence-corrected chi connectivity index (χ3v) is 4.44. The zero-order valence-corrected chi connectivity index (χ0v) is 14.0. The number of nitrogens with one attached hydrogen (secondary N) is 1. The first-order chi connectivity index (χ1) is 12.2. The van der Waals surface area contributed by atoms with Crippen LogP contribution in [0.25, 0.3) is 17.0 Å². The van der Waals surface area contributed by atoms with Crippen molar-refractivity contribution in [3.8, 4) is 11.5 Å². The maximum atomic E-state index is 12.7. The molecule has 5 nitrogen and oxygen atoms in total. The van der Waals surface area contributed by atoms with Gasteiger partial charge in [0.05, 0.1) is 0 Å². The Hall–Kier alpha value is -3.08. The molecule has 1 N–H and O–H groups in total. The van der Waals surface area contributed by atoms with Gasteiger partial charge >= 0.3 is 0 Å². The Bertz CT molecular complexity index is 921. The Balaban J connectivity index is 1.47. The van der Waals surface area contributed by atoms with Crippen molar-refractivity contribution < 1.29 is 9.21 Å². The molecule has 0 aliphatic carbocycles. The van der Waals surface area contributed by atoms with Crippen molar-refractivity contribution in [1.29, 1.82) is 0 Å². The third-order valence-electron chi connectivity index (χ3n) is 4.44. The molecule has 0 fully saturated rings. The Morgan fingerprint density at radius 3 is 2.72 bits per heavy atom. The van der Waals surface area contributed by atoms with Gasteiger partial charge in [-0.15, -0.1) is 0 Å². The Kier molecular flexibility index (Phi) is 3.98. The first kappa shape index (κ1) is 15.4. The number of aromatic nitrogens is 2. The molecule has 1 aromatic carbocycles. The normalized spacial score (nSPS) is 14.4. The van der Waals surface area contributed by atoms with E-state index >= 15 is 0 Å². The molecule has 1 aliphatic heterocycles. The first-order valence-electron chi connectivity index (χ1n) is 8.36. The number of carbonyl (C=O) groups is 1. The highest BCUT2D eigenvalue weighted by Crippen LogP contribution is 2.24. The van der Waals surface area contributed by atoms with Gasteiger partial charge in [0.25, 0.3) is 5.91 Å². The SMILES string of the molecule is Cc1ccc(-c2cc(C(=O)N3CC=C(c4ccccc4)CC3)n[nH]2)o1. The van der Waals surface area contributed by atoms with Crippen molar-refractivity contribution in [3.05, 3.63) is 71.6 Å². The largest absolute Gasteiger partial charge is 0.460 e. The van der Waals surface area contributed by atoms with E-state index in [0.29, 0.717) is 30.2 Å². The molecule has 0 bridgehead atoms. The highest BCUT2D eigenvalue weighted by Gasteiger charge is 2.22. The summed E-state index contributed by atoms with van der Waals surface area (Å²) in [6.45, 7) is 3.18. The van der Waals surface area contributed by atoms with E-state index in [9.17, 15) is 4.79 Å². The number of aryl methyl sites for hydroxylation is 1. The van der Waals surface area contributed by atoms with Crippen molar-refractivity contribution in [2.75, 3.05) is 13.1 Å². The zero-order chi connectivity index (χ0) is 17.2. The van der Waals surface area contributed by atoms with Crippen LogP contribution in [0, 0.1) is 6.92 Å². The second-order valence-corrected chi connectivity index (χ2v) is 6.17. The summed E-state index contributed by atoms with van der Waals surface area (Å²) in [6.07, 6.45) is 2.98. The quantitative estimate of drug-likeness (QED) is 0.790. The average molecular weight is 333 g/mol. The van der Waals surface area contributed by atoms with Crippen LogP contribution in [0.2, 0.25) is 0 Å². The molecule has 2 aromatic heterocycles. The summed E-state index contributed by atoms with van der Waals surface area (Å²) in [4.78, 5) is 14.5. The summed E-state index contributed by atoms with van der Waals surface area (Å²) >= 11 is 0. The van der Waals surface area contributed by atoms with Gasteiger partial charge in [-0.1, -0.05) is 36.4 Å². The van der Waals surface area contributed by atoms with Crippen LogP contribution in [0.15, 0.2) is 59.0 Å². The lowest BCUT2D eigenvalue weighted by Crippen LogP contribution is -2.34. The number of hydrogen-bond acceptors (Lipinski definition) is 3. The minimum absolute atomic E-state index is 0.0610. The van der Waals surface area contributed by atoms with E-state index in [1.165, 1.54) is 11.1 Å². The van der Waals surface area contributed by atoms with Gasteiger partial charge < -0.3 is 9.32 Å². The fourth-order valence-corrected chi connectivity index (χ4v) is 3.07. The molecule has 5 heteroatoms. The van der Waals surface area contributed by atoms with Crippen LogP contribution in [-0.2, 0) is 0 Å². The molecule has 126 valence electrons. The number of aromatic amines is 1. The van der Waals surface area contributed by atoms with Crippen LogP contribution < -0.4 is 0 Å². The number of carbonyl (C=O) groups excluding carboxylic acids is 1. The number of furan rings is 1. The number of amides is 1. The maximum Gasteiger partial charge on any atom is 0.274 e. The first-order valence-corrected chi connectivity index (χ1v) is 8.36. The molecule has 0 radical (unpaired) electrons. The van der Waals surface area contributed by atoms with Crippen molar-refractivity contribution in [2.45, 2.75) is 13.3 Å². The van der Waals surface area contributed by atoms with Crippen molar-refractivity contribution in [1.82, 2.24) is 15.1 Å². The number of H-pyrrole nitrogens is 1. The van der Waals surface area contributed by atoms with Crippen molar-refractivity contribution in [3.63, 3.8) is 0 Å². The van der Waals surface area contributed by atoms with Crippen LogP contribution in [0.3, 0.4) is 0 Å². The van der Waals surface area contributed by atoms with Crippen LogP contribution in [0.4, 0.5) is 0 Å². The molecule has 3 aromatic rings. The fraction of sp³-hybridized carbons (Fsp3) is 0.200. The Labute approximate surface area is 146 Å². The van der Waals surface area contributed by atoms with Gasteiger partial charge in [-0.05, 0) is 36.6 Å². The second kappa shape index (κ2) is 6.43. The molecule has 0 saturated carbocycles. The van der Waals surface area contributed by atoms with E-state index in [0.717, 1.165) is 12.2 Å². The molecule has 3 heterocycles. The summed E-state index contributed by atoms with van der Waals surface area (Å²) in [5, 5.41) is 7.04. The predicted molar refractivity (Wildman–Crippen MR) is 96.0 cm³/mol. The smallest absolute Gasteiger partial charge is 0.274 e. The van der Waals surface area contributed by atoms with E-state index in [1.54, 1.807) is 6.07 Å². The lowest BCUT2D eigenvalue weighted by atomic mass is 9.99. The average Bonchev–Trinajstić information content (AvgIpc) is 3.31. The molecule has 1 aliphatic rings. The highest BCUT2D eigenvalue weighted by atomic mass is 16.3. The molecule has 25 heavy (non-hydrogen) atoms. The zero-order valence-electron chi connectivity index (χ0n) is 14.0. The monoisotopic (exact) mass is 333 g/mol. The standard InChI is InChI=1S/C20H19N3O2/c1-14-7-8-19(25-14)17-13-18(22-21-17)20(24)23-11-9-16(10-12-23)15-5-3-2-4-6-15/h2-9,13H,10-12H2,1H3,(H,21,22). The lowest BCUT2D eigenvalue weighted by Gasteiger charge is -2.26. The van der Waals surface area contributed by atoms with Gasteiger partial charge in [0, 0.05) is 19.2 Å². The van der Waals surface area contributed by atoms with Crippen LogP contribution in [0.5, 0.6) is 0 Å². The summed E-state index contributed by atoms with van der Waals surface area (Å²) in [6, 6.07) is 15.8. The number of nitrogens with zero attached hydrogens (tertiary/aromatic N) is 2. The molecule has 4 rings (SSSR count). The third kappa shape index (κ3) is 3.13. The lowest BCUT2D eigenvalue weighted by molar-refractivity contribution is 0.0767. The molecule has 0 atom stereocenters. The number of hydrogen-bond donors (Lipinski definition) is 1. The Morgan fingerprint density at radius 2 is 2.04 bits per heavy atom. The number of benzene rings is 1. The van der Waals surface area contributed by atoms with Gasteiger partial charge in [-0.2, -0.15) is 5.10 Å². The molecular formula is C20H19N3O2. The minimum Gasteiger partial charge on any atom is -0.460 e. The van der Waals surface area contributed by atoms with E-state index in [1.807, 2.05) is 42.2 Å². The van der Waals surface area contributed by atoms with Crippen molar-refractivity contribution >= 4 is 11.5 Å². The number of rotatable bonds is 3. The molecule has 0 spiro atoms. The summed E-state index contributed by atoms with van der Waals surface area (Å²) < 4.78 is 5.57. The van der Waals surface area contributed by atoms with E-state index in [4.69, 9.17) is 4.42 Å². The van der Waals surface area contributed by atoms with Gasteiger partial charge in [-0.25, -0.2) is 0 Å². The van der Waals surface area contributed by atoms with Crippen LogP contribution in [0.1, 0.15) is 28.2 Å². The van der Waals surface area contributed by atoms with E-state index < -0.39 is 0 Å². The second-order valence-electron chi connectivity index (χ2n) is 6.17. The summed E-state index contributed by atoms with van der Waals surface area (Å²) in [5.41, 5.74) is 3.65. The molecular weight excluding hydrogens is 314 g/mol. The Morgan fingerprint density at radius 1 is 1.20 bits per heavy atom. The molecule has 1 amide bonds. The van der Waals surface area contributed by atoms with Crippen LogP contribution in [-0.4, -0.2) is 34.1 Å². The highest BCUT2D eigenvalue weighted by molar-refractivity contribution is 5.93. The van der Waals surface area contributed by atoms with Gasteiger partial charge in [0.2, 0.25) is 0 Å². The predicted octanol–water partition coefficient (Wildman–Crippen LogP) is 3.91. The summed E-state index contributed by atoms with van der Waals surface area (Å²) in [7, 11) is 0. The van der Waals surface area contributed by atoms with E-state index in [-0.39, 0.29) is 5.91 Å². The minimum atomic E-state index is -0.0610. The van der Waals surface area contributed by atoms with E-state index in [2.05, 4.69) is 28.4 Å². The fourth-order valence-electron chi connectivity index (χ4n) is 3.07. The van der Waals surface area contributed by atoms with Gasteiger partial charge in [-0.3, -0.25) is 9.89 Å². The van der Waals surface area contributed by atoms with Crippen LogP contribution >= 0.6 is 0 Å². The van der Waals surface area contributed by atoms with Gasteiger partial charge in [0.1, 0.15) is 11.5 Å². The maximum absolute atomic E-state index is 12.7. The van der Waals surface area contributed by atoms with Gasteiger partial charge in [0.15, 0.2) is 11.5 Å². The topological polar surface area (TPSA) is 62.1 Å².